The van der Waals surface area contributed by atoms with Gasteiger partial charge in [0.15, 0.2) is 0 Å². The Morgan fingerprint density at radius 3 is 1.30 bits per heavy atom. The van der Waals surface area contributed by atoms with Crippen LogP contribution in [0.5, 0.6) is 0 Å². The number of carboxylic acid groups (broad SMARTS) is 2. The molecule has 4 N–H and O–H groups in total. The molecule has 0 saturated carbocycles. The number of aliphatic hydroxyl groups is 2. The van der Waals surface area contributed by atoms with E-state index in [9.17, 15) is 14.7 Å². The molecule has 0 aliphatic carbocycles. The molecule has 0 unspecified atom stereocenters. The van der Waals surface area contributed by atoms with Crippen LogP contribution in [0.25, 0.3) is 0 Å². The first-order chi connectivity index (χ1) is 19.1. The molecule has 0 saturated heterocycles. The predicted octanol–water partition coefficient (Wildman–Crippen LogP) is 7.09. The van der Waals surface area contributed by atoms with Crippen LogP contribution in [-0.2, 0) is 19.1 Å². The van der Waals surface area contributed by atoms with Crippen LogP contribution in [0.3, 0.4) is 0 Å². The van der Waals surface area contributed by atoms with Gasteiger partial charge in [-0.25, -0.2) is 0 Å². The van der Waals surface area contributed by atoms with E-state index in [0.717, 1.165) is 88.9 Å². The lowest BCUT2D eigenvalue weighted by molar-refractivity contribution is -0.151. The van der Waals surface area contributed by atoms with Gasteiger partial charge in [0.25, 0.3) is 0 Å². The van der Waals surface area contributed by atoms with Crippen molar-refractivity contribution in [2.45, 2.75) is 137 Å². The molecule has 8 heteroatoms. The molecule has 0 amide bonds. The molecule has 0 aromatic rings. The quantitative estimate of drug-likeness (QED) is 0.0725. The first-order valence-corrected chi connectivity index (χ1v) is 15.9. The van der Waals surface area contributed by atoms with E-state index in [-0.39, 0.29) is 19.6 Å². The summed E-state index contributed by atoms with van der Waals surface area (Å²) in [7, 11) is 0. The van der Waals surface area contributed by atoms with Crippen LogP contribution in [0.15, 0.2) is 0 Å². The Morgan fingerprint density at radius 2 is 0.950 bits per heavy atom. The summed E-state index contributed by atoms with van der Waals surface area (Å²) < 4.78 is 9.75. The maximum atomic E-state index is 12.3. The van der Waals surface area contributed by atoms with Gasteiger partial charge in [-0.05, 0) is 37.5 Å². The van der Waals surface area contributed by atoms with E-state index in [0.29, 0.717) is 26.4 Å². The highest BCUT2D eigenvalue weighted by atomic mass is 16.5. The van der Waals surface area contributed by atoms with Crippen LogP contribution in [-0.4, -0.2) is 72.0 Å². The van der Waals surface area contributed by atoms with E-state index in [4.69, 9.17) is 24.8 Å². The summed E-state index contributed by atoms with van der Waals surface area (Å²) in [6.45, 7) is 10.7. The molecule has 0 bridgehead atoms. The van der Waals surface area contributed by atoms with Crippen LogP contribution in [0.4, 0.5) is 0 Å². The molecular formula is C32H64O8. The fourth-order valence-electron chi connectivity index (χ4n) is 4.80. The lowest BCUT2D eigenvalue weighted by Gasteiger charge is -2.30. The molecule has 0 spiro atoms. The van der Waals surface area contributed by atoms with Crippen molar-refractivity contribution in [2.24, 2.45) is 17.3 Å². The van der Waals surface area contributed by atoms with Gasteiger partial charge in [0, 0.05) is 6.42 Å². The number of aliphatic carboxylic acids is 2. The first kappa shape index (κ1) is 40.9. The highest BCUT2D eigenvalue weighted by Gasteiger charge is 2.36. The average molecular weight is 577 g/mol. The maximum absolute atomic E-state index is 12.3. The third kappa shape index (κ3) is 28.3. The second-order valence-electron chi connectivity index (χ2n) is 11.9. The summed E-state index contributed by atoms with van der Waals surface area (Å²) in [5, 5.41) is 35.4. The number of hydrogen-bond donors (Lipinski definition) is 4. The first-order valence-electron chi connectivity index (χ1n) is 15.9. The zero-order valence-corrected chi connectivity index (χ0v) is 26.3. The third-order valence-electron chi connectivity index (χ3n) is 7.22. The van der Waals surface area contributed by atoms with Gasteiger partial charge in [0.1, 0.15) is 0 Å². The monoisotopic (exact) mass is 576 g/mol. The van der Waals surface area contributed by atoms with E-state index in [1.807, 2.05) is 0 Å². The summed E-state index contributed by atoms with van der Waals surface area (Å²) >= 11 is 0. The summed E-state index contributed by atoms with van der Waals surface area (Å²) in [6, 6.07) is 0. The molecule has 8 nitrogen and oxygen atoms in total. The number of ether oxygens (including phenoxy) is 2. The Bertz CT molecular complexity index is 539. The van der Waals surface area contributed by atoms with Crippen molar-refractivity contribution >= 4 is 11.9 Å². The van der Waals surface area contributed by atoms with Crippen molar-refractivity contribution in [1.82, 2.24) is 0 Å². The van der Waals surface area contributed by atoms with Crippen LogP contribution in [0.2, 0.25) is 0 Å². The SMILES string of the molecule is CC(C)CCCCCC(CCCCCCCC(=O)O)(CCCCCC(C)C)C(=O)O.OCCOCCOCCO. The normalized spacial score (nSPS) is 11.6. The van der Waals surface area contributed by atoms with Crippen LogP contribution >= 0.6 is 0 Å². The zero-order valence-electron chi connectivity index (χ0n) is 26.3. The number of carbonyl (C=O) groups is 2. The lowest BCUT2D eigenvalue weighted by atomic mass is 9.74. The third-order valence-corrected chi connectivity index (χ3v) is 7.22. The average Bonchev–Trinajstić information content (AvgIpc) is 2.89. The molecule has 240 valence electrons. The van der Waals surface area contributed by atoms with Crippen molar-refractivity contribution in [1.29, 1.82) is 0 Å². The van der Waals surface area contributed by atoms with Gasteiger partial charge in [-0.15, -0.1) is 0 Å². The lowest BCUT2D eigenvalue weighted by Crippen LogP contribution is -2.31. The molecular weight excluding hydrogens is 512 g/mol. The Morgan fingerprint density at radius 1 is 0.575 bits per heavy atom. The van der Waals surface area contributed by atoms with Crippen molar-refractivity contribution in [3.8, 4) is 0 Å². The second-order valence-corrected chi connectivity index (χ2v) is 11.9. The van der Waals surface area contributed by atoms with Gasteiger partial charge in [-0.2, -0.15) is 0 Å². The zero-order chi connectivity index (χ0) is 30.5. The Hall–Kier alpha value is -1.22. The predicted molar refractivity (Wildman–Crippen MR) is 162 cm³/mol. The molecule has 0 aromatic heterocycles. The van der Waals surface area contributed by atoms with Crippen molar-refractivity contribution in [3.05, 3.63) is 0 Å². The Kier molecular flexibility index (Phi) is 29.9. The topological polar surface area (TPSA) is 134 Å². The van der Waals surface area contributed by atoms with E-state index in [2.05, 4.69) is 27.7 Å². The Labute approximate surface area is 245 Å². The van der Waals surface area contributed by atoms with Crippen molar-refractivity contribution in [2.75, 3.05) is 39.6 Å². The minimum Gasteiger partial charge on any atom is -0.481 e. The van der Waals surface area contributed by atoms with Gasteiger partial charge in [-0.1, -0.05) is 105 Å². The largest absolute Gasteiger partial charge is 0.481 e. The summed E-state index contributed by atoms with van der Waals surface area (Å²) in [5.74, 6) is 0.114. The van der Waals surface area contributed by atoms with E-state index in [1.54, 1.807) is 0 Å². The summed E-state index contributed by atoms with van der Waals surface area (Å²) in [6.07, 6.45) is 16.4. The molecule has 0 aromatic carbocycles. The van der Waals surface area contributed by atoms with Crippen molar-refractivity contribution < 1.29 is 39.5 Å². The maximum Gasteiger partial charge on any atom is 0.309 e. The number of carboxylic acids is 2. The minimum absolute atomic E-state index is 0.0417. The van der Waals surface area contributed by atoms with Crippen molar-refractivity contribution in [3.63, 3.8) is 0 Å². The number of unbranched alkanes of at least 4 members (excludes halogenated alkanes) is 8. The fraction of sp³-hybridized carbons (Fsp3) is 0.938. The molecule has 0 heterocycles. The standard InChI is InChI=1S/C26H50O4.C6H14O4/c1-22(2)16-10-8-14-20-26(25(29)30,21-15-9-11-17-23(3)4)19-13-7-5-6-12-18-24(27)28;7-1-3-9-5-6-10-4-2-8/h22-23H,5-21H2,1-4H3,(H,27,28)(H,29,30);7-8H,1-6H2. The number of hydrogen-bond acceptors (Lipinski definition) is 6. The molecule has 0 radical (unpaired) electrons. The van der Waals surface area contributed by atoms with E-state index in [1.165, 1.54) is 25.7 Å². The summed E-state index contributed by atoms with van der Waals surface area (Å²) in [4.78, 5) is 22.9. The van der Waals surface area contributed by atoms with Gasteiger partial charge < -0.3 is 29.9 Å². The molecule has 0 atom stereocenters. The molecule has 0 aliphatic heterocycles. The van der Waals surface area contributed by atoms with Gasteiger partial charge in [-0.3, -0.25) is 9.59 Å². The van der Waals surface area contributed by atoms with Gasteiger partial charge in [0.2, 0.25) is 0 Å². The minimum atomic E-state index is -0.727. The molecule has 0 rings (SSSR count). The molecule has 0 aliphatic rings. The van der Waals surface area contributed by atoms with E-state index < -0.39 is 17.4 Å². The number of aliphatic hydroxyl groups excluding tert-OH is 2. The van der Waals surface area contributed by atoms with E-state index >= 15 is 0 Å². The highest BCUT2D eigenvalue weighted by Crippen LogP contribution is 2.38. The fourth-order valence-corrected chi connectivity index (χ4v) is 4.80. The van der Waals surface area contributed by atoms with Crippen LogP contribution < -0.4 is 0 Å². The van der Waals surface area contributed by atoms with Gasteiger partial charge in [0.05, 0.1) is 45.1 Å². The van der Waals surface area contributed by atoms with Crippen LogP contribution in [0, 0.1) is 17.3 Å². The van der Waals surface area contributed by atoms with Gasteiger partial charge >= 0.3 is 11.9 Å². The number of rotatable bonds is 28. The highest BCUT2D eigenvalue weighted by molar-refractivity contribution is 5.74. The molecule has 40 heavy (non-hydrogen) atoms. The smallest absolute Gasteiger partial charge is 0.309 e. The Balaban J connectivity index is 0. The van der Waals surface area contributed by atoms with Crippen LogP contribution in [0.1, 0.15) is 137 Å². The second kappa shape index (κ2) is 29.3. The molecule has 0 fully saturated rings. The summed E-state index contributed by atoms with van der Waals surface area (Å²) in [5.41, 5.74) is -0.559.